The van der Waals surface area contributed by atoms with Crippen LogP contribution in [0.15, 0.2) is 41.3 Å². The van der Waals surface area contributed by atoms with Gasteiger partial charge in [0.2, 0.25) is 0 Å². The highest BCUT2D eigenvalue weighted by molar-refractivity contribution is 7.98. The molecule has 0 N–H and O–H groups in total. The molecule has 0 atom stereocenters. The fourth-order valence-corrected chi connectivity index (χ4v) is 3.06. The van der Waals surface area contributed by atoms with Crippen LogP contribution in [0.25, 0.3) is 0 Å². The van der Waals surface area contributed by atoms with Crippen molar-refractivity contribution in [3.05, 3.63) is 68.2 Å². The number of thioether (sulfide) groups is 1. The molecule has 104 valence electrons. The van der Waals surface area contributed by atoms with Crippen LogP contribution in [0.1, 0.15) is 16.7 Å². The van der Waals surface area contributed by atoms with E-state index in [2.05, 4.69) is 6.07 Å². The van der Waals surface area contributed by atoms with Gasteiger partial charge in [-0.15, -0.1) is 11.8 Å². The number of nitro benzene ring substituents is 1. The van der Waals surface area contributed by atoms with Gasteiger partial charge in [0, 0.05) is 27.8 Å². The molecule has 0 aliphatic rings. The van der Waals surface area contributed by atoms with Gasteiger partial charge in [0.05, 0.1) is 4.92 Å². The quantitative estimate of drug-likeness (QED) is 0.445. The first-order valence-electron chi connectivity index (χ1n) is 6.10. The fourth-order valence-electron chi connectivity index (χ4n) is 1.78. The van der Waals surface area contributed by atoms with E-state index >= 15 is 0 Å². The van der Waals surface area contributed by atoms with Gasteiger partial charge in [-0.1, -0.05) is 23.7 Å². The van der Waals surface area contributed by atoms with Gasteiger partial charge < -0.3 is 0 Å². The van der Waals surface area contributed by atoms with Crippen molar-refractivity contribution in [1.29, 1.82) is 0 Å². The van der Waals surface area contributed by atoms with Gasteiger partial charge in [0.1, 0.15) is 0 Å². The van der Waals surface area contributed by atoms with E-state index in [0.29, 0.717) is 0 Å². The molecule has 0 fully saturated rings. The van der Waals surface area contributed by atoms with Gasteiger partial charge in [-0.05, 0) is 42.7 Å². The van der Waals surface area contributed by atoms with Crippen LogP contribution < -0.4 is 0 Å². The van der Waals surface area contributed by atoms with Crippen LogP contribution in [0.4, 0.5) is 5.69 Å². The molecule has 2 aromatic carbocycles. The summed E-state index contributed by atoms with van der Waals surface area (Å²) in [5.41, 5.74) is 3.39. The van der Waals surface area contributed by atoms with Gasteiger partial charge >= 0.3 is 0 Å². The van der Waals surface area contributed by atoms with Crippen LogP contribution in [0.3, 0.4) is 0 Å². The SMILES string of the molecule is Cc1cc(SCc2ccc([N+](=O)[O-])cc2)c(C)cc1Cl. The number of aryl methyl sites for hydroxylation is 2. The molecule has 2 aromatic rings. The summed E-state index contributed by atoms with van der Waals surface area (Å²) in [6.45, 7) is 4.02. The topological polar surface area (TPSA) is 43.1 Å². The number of hydrogen-bond acceptors (Lipinski definition) is 3. The summed E-state index contributed by atoms with van der Waals surface area (Å²) in [6.07, 6.45) is 0. The highest BCUT2D eigenvalue weighted by atomic mass is 35.5. The normalized spacial score (nSPS) is 10.6. The van der Waals surface area contributed by atoms with Crippen molar-refractivity contribution in [3.63, 3.8) is 0 Å². The van der Waals surface area contributed by atoms with Crippen molar-refractivity contribution < 1.29 is 4.92 Å². The van der Waals surface area contributed by atoms with E-state index in [9.17, 15) is 10.1 Å². The third-order valence-corrected chi connectivity index (χ3v) is 4.63. The maximum atomic E-state index is 10.6. The fraction of sp³-hybridized carbons (Fsp3) is 0.200. The Morgan fingerprint density at radius 2 is 1.80 bits per heavy atom. The average molecular weight is 308 g/mol. The Labute approximate surface area is 127 Å². The lowest BCUT2D eigenvalue weighted by Crippen LogP contribution is -1.89. The summed E-state index contributed by atoms with van der Waals surface area (Å²) in [7, 11) is 0. The summed E-state index contributed by atoms with van der Waals surface area (Å²) >= 11 is 7.79. The Hall–Kier alpha value is -1.52. The predicted molar refractivity (Wildman–Crippen MR) is 83.6 cm³/mol. The minimum Gasteiger partial charge on any atom is -0.258 e. The average Bonchev–Trinajstić information content (AvgIpc) is 2.42. The number of hydrogen-bond donors (Lipinski definition) is 0. The minimum atomic E-state index is -0.385. The maximum absolute atomic E-state index is 10.6. The largest absolute Gasteiger partial charge is 0.269 e. The van der Waals surface area contributed by atoms with Gasteiger partial charge in [0.25, 0.3) is 5.69 Å². The summed E-state index contributed by atoms with van der Waals surface area (Å²) < 4.78 is 0. The van der Waals surface area contributed by atoms with Gasteiger partial charge in [-0.3, -0.25) is 10.1 Å². The zero-order chi connectivity index (χ0) is 14.7. The molecule has 2 rings (SSSR count). The number of halogens is 1. The number of rotatable bonds is 4. The zero-order valence-corrected chi connectivity index (χ0v) is 12.8. The van der Waals surface area contributed by atoms with Crippen LogP contribution in [0.2, 0.25) is 5.02 Å². The summed E-state index contributed by atoms with van der Waals surface area (Å²) in [5, 5.41) is 11.4. The van der Waals surface area contributed by atoms with E-state index in [1.807, 2.05) is 19.9 Å². The molecule has 0 heterocycles. The first-order valence-corrected chi connectivity index (χ1v) is 7.46. The smallest absolute Gasteiger partial charge is 0.258 e. The number of nitro groups is 1. The molecule has 0 spiro atoms. The number of benzene rings is 2. The Morgan fingerprint density at radius 3 is 2.40 bits per heavy atom. The van der Waals surface area contributed by atoms with Crippen molar-refractivity contribution in [2.75, 3.05) is 0 Å². The van der Waals surface area contributed by atoms with Gasteiger partial charge in [-0.25, -0.2) is 0 Å². The first-order chi connectivity index (χ1) is 9.47. The maximum Gasteiger partial charge on any atom is 0.269 e. The van der Waals surface area contributed by atoms with Crippen molar-refractivity contribution in [2.45, 2.75) is 24.5 Å². The molecule has 0 amide bonds. The van der Waals surface area contributed by atoms with Crippen LogP contribution in [0, 0.1) is 24.0 Å². The lowest BCUT2D eigenvalue weighted by atomic mass is 10.2. The molecule has 3 nitrogen and oxygen atoms in total. The zero-order valence-electron chi connectivity index (χ0n) is 11.2. The minimum absolute atomic E-state index is 0.122. The van der Waals surface area contributed by atoms with E-state index in [-0.39, 0.29) is 10.6 Å². The standard InChI is InChI=1S/C15H14ClNO2S/c1-10-8-15(11(2)7-14(10)16)20-9-12-3-5-13(6-4-12)17(18)19/h3-8H,9H2,1-2H3. The van der Waals surface area contributed by atoms with E-state index in [0.717, 1.165) is 27.5 Å². The van der Waals surface area contributed by atoms with Crippen LogP contribution >= 0.6 is 23.4 Å². The summed E-state index contributed by atoms with van der Waals surface area (Å²) in [4.78, 5) is 11.4. The Kier molecular flexibility index (Phi) is 4.68. The summed E-state index contributed by atoms with van der Waals surface area (Å²) in [6, 6.07) is 10.7. The molecule has 0 unspecified atom stereocenters. The Bertz CT molecular complexity index is 641. The molecule has 0 aliphatic heterocycles. The number of nitrogens with zero attached hydrogens (tertiary/aromatic N) is 1. The van der Waals surface area contributed by atoms with E-state index in [1.165, 1.54) is 17.0 Å². The highest BCUT2D eigenvalue weighted by Gasteiger charge is 2.06. The number of non-ortho nitro benzene ring substituents is 1. The van der Waals surface area contributed by atoms with Crippen LogP contribution in [-0.2, 0) is 5.75 Å². The predicted octanol–water partition coefficient (Wildman–Crippen LogP) is 5.16. The van der Waals surface area contributed by atoms with Crippen molar-refractivity contribution >= 4 is 29.1 Å². The van der Waals surface area contributed by atoms with Crippen molar-refractivity contribution in [1.82, 2.24) is 0 Å². The highest BCUT2D eigenvalue weighted by Crippen LogP contribution is 2.30. The Morgan fingerprint density at radius 1 is 1.15 bits per heavy atom. The molecule has 0 saturated heterocycles. The molecular weight excluding hydrogens is 294 g/mol. The molecular formula is C15H14ClNO2S. The third-order valence-electron chi connectivity index (χ3n) is 3.00. The lowest BCUT2D eigenvalue weighted by Gasteiger charge is -2.08. The second kappa shape index (κ2) is 6.29. The Balaban J connectivity index is 2.09. The molecule has 0 bridgehead atoms. The molecule has 0 aromatic heterocycles. The third kappa shape index (κ3) is 3.52. The first kappa shape index (κ1) is 14.9. The van der Waals surface area contributed by atoms with Gasteiger partial charge in [-0.2, -0.15) is 0 Å². The van der Waals surface area contributed by atoms with E-state index < -0.39 is 0 Å². The van der Waals surface area contributed by atoms with Crippen LogP contribution in [0.5, 0.6) is 0 Å². The van der Waals surface area contributed by atoms with Crippen molar-refractivity contribution in [2.24, 2.45) is 0 Å². The molecule has 20 heavy (non-hydrogen) atoms. The monoisotopic (exact) mass is 307 g/mol. The van der Waals surface area contributed by atoms with Crippen molar-refractivity contribution in [3.8, 4) is 0 Å². The van der Waals surface area contributed by atoms with Gasteiger partial charge in [0.15, 0.2) is 0 Å². The molecule has 5 heteroatoms. The molecule has 0 radical (unpaired) electrons. The van der Waals surface area contributed by atoms with E-state index in [1.54, 1.807) is 23.9 Å². The molecule has 0 aliphatic carbocycles. The van der Waals surface area contributed by atoms with E-state index in [4.69, 9.17) is 11.6 Å². The summed E-state index contributed by atoms with van der Waals surface area (Å²) in [5.74, 6) is 0.778. The van der Waals surface area contributed by atoms with Crippen LogP contribution in [-0.4, -0.2) is 4.92 Å². The lowest BCUT2D eigenvalue weighted by molar-refractivity contribution is -0.384. The second-order valence-corrected chi connectivity index (χ2v) is 6.00. The second-order valence-electron chi connectivity index (χ2n) is 4.58. The molecule has 0 saturated carbocycles.